The lowest BCUT2D eigenvalue weighted by Gasteiger charge is -2.16. The van der Waals surface area contributed by atoms with Gasteiger partial charge in [-0.05, 0) is 25.5 Å². The van der Waals surface area contributed by atoms with Gasteiger partial charge in [0.1, 0.15) is 11.9 Å². The molecule has 1 aliphatic heterocycles. The van der Waals surface area contributed by atoms with Crippen molar-refractivity contribution in [2.45, 2.75) is 25.7 Å². The van der Waals surface area contributed by atoms with Crippen LogP contribution < -0.4 is 0 Å². The minimum atomic E-state index is -0.536. The number of hydrogen-bond donors (Lipinski definition) is 0. The smallest absolute Gasteiger partial charge is 0.164 e. The molecule has 2 heterocycles. The van der Waals surface area contributed by atoms with Crippen LogP contribution in [0.3, 0.4) is 0 Å². The Balaban J connectivity index is 1.94. The van der Waals surface area contributed by atoms with E-state index in [0.717, 1.165) is 16.9 Å². The fraction of sp³-hybridized carbons (Fsp3) is 0.333. The van der Waals surface area contributed by atoms with Crippen molar-refractivity contribution in [2.24, 2.45) is 0 Å². The molecular formula is C15H16O3. The van der Waals surface area contributed by atoms with E-state index in [1.54, 1.807) is 6.26 Å². The van der Waals surface area contributed by atoms with Crippen molar-refractivity contribution in [1.82, 2.24) is 0 Å². The van der Waals surface area contributed by atoms with Gasteiger partial charge in [0.25, 0.3) is 0 Å². The average molecular weight is 244 g/mol. The van der Waals surface area contributed by atoms with Crippen molar-refractivity contribution >= 4 is 0 Å². The van der Waals surface area contributed by atoms with Crippen LogP contribution in [0.2, 0.25) is 0 Å². The van der Waals surface area contributed by atoms with Gasteiger partial charge in [0.15, 0.2) is 5.79 Å². The molecule has 1 saturated heterocycles. The normalized spacial score (nSPS) is 22.2. The third kappa shape index (κ3) is 2.07. The maximum atomic E-state index is 5.84. The van der Waals surface area contributed by atoms with Crippen LogP contribution in [0.5, 0.6) is 0 Å². The first kappa shape index (κ1) is 11.5. The fourth-order valence-electron chi connectivity index (χ4n) is 2.24. The molecule has 0 spiro atoms. The summed E-state index contributed by atoms with van der Waals surface area (Å²) in [5, 5.41) is 0. The van der Waals surface area contributed by atoms with E-state index in [9.17, 15) is 0 Å². The van der Waals surface area contributed by atoms with E-state index < -0.39 is 5.79 Å². The molecule has 1 fully saturated rings. The van der Waals surface area contributed by atoms with Crippen LogP contribution in [0, 0.1) is 0 Å². The van der Waals surface area contributed by atoms with E-state index in [1.807, 2.05) is 38.1 Å². The molecule has 3 nitrogen and oxygen atoms in total. The molecule has 0 amide bonds. The maximum absolute atomic E-state index is 5.84. The zero-order valence-electron chi connectivity index (χ0n) is 10.6. The van der Waals surface area contributed by atoms with Crippen LogP contribution in [0.25, 0.3) is 11.1 Å². The average Bonchev–Trinajstić information content (AvgIpc) is 2.96. The van der Waals surface area contributed by atoms with Crippen molar-refractivity contribution in [3.63, 3.8) is 0 Å². The number of rotatable bonds is 2. The highest BCUT2D eigenvalue weighted by molar-refractivity contribution is 5.65. The predicted octanol–water partition coefficient (Wildman–Crippen LogP) is 3.77. The second kappa shape index (κ2) is 4.26. The van der Waals surface area contributed by atoms with Gasteiger partial charge < -0.3 is 13.9 Å². The van der Waals surface area contributed by atoms with Crippen molar-refractivity contribution < 1.29 is 13.9 Å². The first-order chi connectivity index (χ1) is 8.66. The third-order valence-electron chi connectivity index (χ3n) is 3.08. The molecule has 0 N–H and O–H groups in total. The van der Waals surface area contributed by atoms with E-state index in [1.165, 1.54) is 0 Å². The summed E-state index contributed by atoms with van der Waals surface area (Å²) in [4.78, 5) is 0. The van der Waals surface area contributed by atoms with E-state index in [0.29, 0.717) is 6.61 Å². The maximum Gasteiger partial charge on any atom is 0.164 e. The molecule has 0 radical (unpaired) electrons. The molecule has 1 aromatic carbocycles. The third-order valence-corrected chi connectivity index (χ3v) is 3.08. The van der Waals surface area contributed by atoms with Gasteiger partial charge in [-0.15, -0.1) is 0 Å². The quantitative estimate of drug-likeness (QED) is 0.805. The molecule has 0 saturated carbocycles. The van der Waals surface area contributed by atoms with Gasteiger partial charge in [-0.1, -0.05) is 30.3 Å². The van der Waals surface area contributed by atoms with Crippen LogP contribution in [-0.4, -0.2) is 12.4 Å². The largest absolute Gasteiger partial charge is 0.466 e. The molecule has 1 aromatic heterocycles. The lowest BCUT2D eigenvalue weighted by molar-refractivity contribution is -0.140. The van der Waals surface area contributed by atoms with Crippen molar-refractivity contribution in [3.05, 3.63) is 48.4 Å². The molecule has 1 atom stereocenters. The summed E-state index contributed by atoms with van der Waals surface area (Å²) >= 11 is 0. The summed E-state index contributed by atoms with van der Waals surface area (Å²) in [6.45, 7) is 4.36. The van der Waals surface area contributed by atoms with Crippen LogP contribution >= 0.6 is 0 Å². The van der Waals surface area contributed by atoms with Crippen molar-refractivity contribution in [3.8, 4) is 11.1 Å². The SMILES string of the molecule is CC1(C)OC[C@H](c2occc2-c2ccccc2)O1. The minimum Gasteiger partial charge on any atom is -0.466 e. The van der Waals surface area contributed by atoms with Gasteiger partial charge in [0, 0.05) is 5.56 Å². The first-order valence-corrected chi connectivity index (χ1v) is 6.10. The van der Waals surface area contributed by atoms with E-state index in [4.69, 9.17) is 13.9 Å². The Morgan fingerprint density at radius 2 is 1.89 bits per heavy atom. The molecule has 1 aliphatic rings. The molecular weight excluding hydrogens is 228 g/mol. The highest BCUT2D eigenvalue weighted by Crippen LogP contribution is 2.38. The zero-order valence-corrected chi connectivity index (χ0v) is 10.6. The van der Waals surface area contributed by atoms with Crippen LogP contribution in [-0.2, 0) is 9.47 Å². The molecule has 3 rings (SSSR count). The summed E-state index contributed by atoms with van der Waals surface area (Å²) < 4.78 is 17.0. The van der Waals surface area contributed by atoms with E-state index >= 15 is 0 Å². The number of furan rings is 1. The standard InChI is InChI=1S/C15H16O3/c1-15(2)17-10-13(18-15)14-12(8-9-16-14)11-6-4-3-5-7-11/h3-9,13H,10H2,1-2H3/t13-/m1/s1. The molecule has 18 heavy (non-hydrogen) atoms. The van der Waals surface area contributed by atoms with Gasteiger partial charge in [-0.2, -0.15) is 0 Å². The minimum absolute atomic E-state index is 0.134. The summed E-state index contributed by atoms with van der Waals surface area (Å²) in [7, 11) is 0. The van der Waals surface area contributed by atoms with Gasteiger partial charge in [-0.3, -0.25) is 0 Å². The topological polar surface area (TPSA) is 31.6 Å². The predicted molar refractivity (Wildman–Crippen MR) is 68.0 cm³/mol. The highest BCUT2D eigenvalue weighted by atomic mass is 16.7. The second-order valence-electron chi connectivity index (χ2n) is 4.88. The van der Waals surface area contributed by atoms with Gasteiger partial charge in [0.2, 0.25) is 0 Å². The fourth-order valence-corrected chi connectivity index (χ4v) is 2.24. The van der Waals surface area contributed by atoms with Crippen LogP contribution in [0.4, 0.5) is 0 Å². The number of ether oxygens (including phenoxy) is 2. The van der Waals surface area contributed by atoms with Gasteiger partial charge in [0.05, 0.1) is 12.9 Å². The molecule has 2 aromatic rings. The molecule has 3 heteroatoms. The lowest BCUT2D eigenvalue weighted by Crippen LogP contribution is -2.19. The number of benzene rings is 1. The lowest BCUT2D eigenvalue weighted by atomic mass is 10.0. The van der Waals surface area contributed by atoms with Crippen molar-refractivity contribution in [2.75, 3.05) is 6.61 Å². The molecule has 0 unspecified atom stereocenters. The van der Waals surface area contributed by atoms with E-state index in [2.05, 4.69) is 12.1 Å². The Bertz CT molecular complexity index is 528. The van der Waals surface area contributed by atoms with E-state index in [-0.39, 0.29) is 6.10 Å². The Morgan fingerprint density at radius 1 is 1.11 bits per heavy atom. The van der Waals surface area contributed by atoms with Gasteiger partial charge in [-0.25, -0.2) is 0 Å². The number of hydrogen-bond acceptors (Lipinski definition) is 3. The summed E-state index contributed by atoms with van der Waals surface area (Å²) in [6, 6.07) is 12.1. The summed E-state index contributed by atoms with van der Waals surface area (Å²) in [5.74, 6) is 0.303. The molecule has 0 aliphatic carbocycles. The first-order valence-electron chi connectivity index (χ1n) is 6.10. The summed E-state index contributed by atoms with van der Waals surface area (Å²) in [5.41, 5.74) is 2.21. The summed E-state index contributed by atoms with van der Waals surface area (Å²) in [6.07, 6.45) is 1.57. The molecule has 94 valence electrons. The van der Waals surface area contributed by atoms with Gasteiger partial charge >= 0.3 is 0 Å². The Hall–Kier alpha value is -1.58. The Kier molecular flexibility index (Phi) is 2.73. The molecule has 0 bridgehead atoms. The second-order valence-corrected chi connectivity index (χ2v) is 4.88. The van der Waals surface area contributed by atoms with Crippen molar-refractivity contribution in [1.29, 1.82) is 0 Å². The van der Waals surface area contributed by atoms with Crippen LogP contribution in [0.1, 0.15) is 25.7 Å². The zero-order chi connectivity index (χ0) is 12.6. The highest BCUT2D eigenvalue weighted by Gasteiger charge is 2.36. The Labute approximate surface area is 106 Å². The Morgan fingerprint density at radius 3 is 2.56 bits per heavy atom. The van der Waals surface area contributed by atoms with Crippen LogP contribution in [0.15, 0.2) is 47.1 Å². The monoisotopic (exact) mass is 244 g/mol.